The molecule has 1 amide bonds. The summed E-state index contributed by atoms with van der Waals surface area (Å²) in [6.45, 7) is 15.4. The number of hydrogen-bond donors (Lipinski definition) is 1. The summed E-state index contributed by atoms with van der Waals surface area (Å²) in [4.78, 5) is 52.0. The van der Waals surface area contributed by atoms with Gasteiger partial charge in [-0.3, -0.25) is 19.5 Å². The molecular formula is C34H56FN3O8. The first-order chi connectivity index (χ1) is 21.7. The van der Waals surface area contributed by atoms with Crippen LogP contribution in [0.3, 0.4) is 0 Å². The van der Waals surface area contributed by atoms with Gasteiger partial charge in [0.1, 0.15) is 0 Å². The summed E-state index contributed by atoms with van der Waals surface area (Å²) in [5.41, 5.74) is -0.978. The lowest BCUT2D eigenvalue weighted by atomic mass is 9.91. The van der Waals surface area contributed by atoms with Gasteiger partial charge in [-0.15, -0.1) is 0 Å². The molecule has 0 saturated carbocycles. The zero-order valence-electron chi connectivity index (χ0n) is 29.0. The number of halogens is 1. The van der Waals surface area contributed by atoms with Gasteiger partial charge >= 0.3 is 23.7 Å². The van der Waals surface area contributed by atoms with Crippen LogP contribution >= 0.6 is 0 Å². The van der Waals surface area contributed by atoms with Crippen LogP contribution in [0.25, 0.3) is 0 Å². The van der Waals surface area contributed by atoms with E-state index in [-0.39, 0.29) is 6.61 Å². The summed E-state index contributed by atoms with van der Waals surface area (Å²) in [5, 5.41) is 2.17. The molecule has 1 aliphatic rings. The number of carbonyl (C=O) groups is 3. The fraction of sp³-hybridized carbons (Fsp3) is 0.794. The van der Waals surface area contributed by atoms with Gasteiger partial charge in [0.2, 0.25) is 0 Å². The van der Waals surface area contributed by atoms with Crippen LogP contribution in [-0.2, 0) is 28.5 Å². The molecule has 1 aromatic heterocycles. The Morgan fingerprint density at radius 2 is 1.37 bits per heavy atom. The standard InChI is InChI=1S/C34H56FN3O8/c1-21(2)12-9-13-22(3)14-10-15-23(4)16-11-17-24(5)18-19-43-34(42)37-31-28(35)20-38(33(41)36-31)32-30(46-27(8)40)29(25(6)44-32)45-26(7)39/h20-25,29-30,32H,9-19H2,1-8H3,(H,36,37,41,42)/t22?,23?,24?,25-,29-,30-,32-/m1/s1. The van der Waals surface area contributed by atoms with Crippen molar-refractivity contribution in [3.05, 3.63) is 22.5 Å². The van der Waals surface area contributed by atoms with Crippen LogP contribution in [0.15, 0.2) is 11.0 Å². The topological polar surface area (TPSA) is 135 Å². The van der Waals surface area contributed by atoms with E-state index < -0.39 is 59.9 Å². The second-order valence-electron chi connectivity index (χ2n) is 13.6. The van der Waals surface area contributed by atoms with Crippen LogP contribution in [0, 0.1) is 29.5 Å². The Hall–Kier alpha value is -3.02. The van der Waals surface area contributed by atoms with Crippen LogP contribution in [0.4, 0.5) is 15.0 Å². The molecule has 11 nitrogen and oxygen atoms in total. The number of nitrogens with zero attached hydrogens (tertiary/aromatic N) is 2. The largest absolute Gasteiger partial charge is 0.456 e. The third kappa shape index (κ3) is 13.8. The van der Waals surface area contributed by atoms with Gasteiger partial charge < -0.3 is 18.9 Å². The molecule has 0 spiro atoms. The van der Waals surface area contributed by atoms with Crippen molar-refractivity contribution in [1.29, 1.82) is 0 Å². The van der Waals surface area contributed by atoms with Crippen molar-refractivity contribution in [3.63, 3.8) is 0 Å². The SMILES string of the molecule is CC(=O)O[C@@H]1[C@H](OC(C)=O)[C@@H](C)O[C@H]1n1cc(F)c(NC(=O)OCCC(C)CCCC(C)CCCC(C)CCCC(C)C)nc1=O. The van der Waals surface area contributed by atoms with Crippen molar-refractivity contribution in [3.8, 4) is 0 Å². The van der Waals surface area contributed by atoms with Gasteiger partial charge in [0.15, 0.2) is 30.1 Å². The van der Waals surface area contributed by atoms with Crippen molar-refractivity contribution in [2.45, 2.75) is 144 Å². The monoisotopic (exact) mass is 653 g/mol. The van der Waals surface area contributed by atoms with Crippen LogP contribution in [-0.4, -0.2) is 52.5 Å². The summed E-state index contributed by atoms with van der Waals surface area (Å²) in [6, 6.07) is 0. The lowest BCUT2D eigenvalue weighted by molar-refractivity contribution is -0.165. The smallest absolute Gasteiger partial charge is 0.412 e. The van der Waals surface area contributed by atoms with E-state index in [1.165, 1.54) is 51.9 Å². The second kappa shape index (κ2) is 19.6. The van der Waals surface area contributed by atoms with E-state index in [2.05, 4.69) is 44.9 Å². The van der Waals surface area contributed by atoms with Crippen molar-refractivity contribution in [2.24, 2.45) is 23.7 Å². The zero-order valence-corrected chi connectivity index (χ0v) is 29.0. The minimum atomic E-state index is -1.31. The Balaban J connectivity index is 1.76. The van der Waals surface area contributed by atoms with Crippen LogP contribution in [0.5, 0.6) is 0 Å². The molecule has 1 saturated heterocycles. The average Bonchev–Trinajstić information content (AvgIpc) is 3.23. The number of esters is 2. The summed E-state index contributed by atoms with van der Waals surface area (Å²) < 4.78 is 37.1. The highest BCUT2D eigenvalue weighted by Crippen LogP contribution is 2.33. The Bertz CT molecular complexity index is 1180. The summed E-state index contributed by atoms with van der Waals surface area (Å²) in [7, 11) is 0. The van der Waals surface area contributed by atoms with Gasteiger partial charge in [-0.05, 0) is 37.0 Å². The molecule has 3 unspecified atom stereocenters. The minimum Gasteiger partial charge on any atom is -0.456 e. The molecule has 1 aliphatic heterocycles. The molecule has 7 atom stereocenters. The van der Waals surface area contributed by atoms with E-state index in [1.54, 1.807) is 6.92 Å². The molecule has 0 radical (unpaired) electrons. The Morgan fingerprint density at radius 1 is 0.870 bits per heavy atom. The van der Waals surface area contributed by atoms with Crippen molar-refractivity contribution in [2.75, 3.05) is 11.9 Å². The average molecular weight is 654 g/mol. The normalized spacial score (nSPS) is 21.4. The quantitative estimate of drug-likeness (QED) is 0.122. The lowest BCUT2D eigenvalue weighted by Gasteiger charge is -2.23. The van der Waals surface area contributed by atoms with Crippen molar-refractivity contribution < 1.29 is 37.7 Å². The molecule has 2 heterocycles. The third-order valence-electron chi connectivity index (χ3n) is 8.54. The summed E-state index contributed by atoms with van der Waals surface area (Å²) >= 11 is 0. The first-order valence-corrected chi connectivity index (χ1v) is 16.9. The highest BCUT2D eigenvalue weighted by Gasteiger charge is 2.48. The maximum absolute atomic E-state index is 14.9. The van der Waals surface area contributed by atoms with Gasteiger partial charge in [0.05, 0.1) is 18.9 Å². The molecule has 46 heavy (non-hydrogen) atoms. The Kier molecular flexibility index (Phi) is 16.7. The first-order valence-electron chi connectivity index (χ1n) is 16.9. The number of anilines is 1. The molecule has 0 aliphatic carbocycles. The number of aromatic nitrogens is 2. The second-order valence-corrected chi connectivity index (χ2v) is 13.6. The number of hydrogen-bond acceptors (Lipinski definition) is 9. The Labute approximate surface area is 273 Å². The molecule has 262 valence electrons. The molecular weight excluding hydrogens is 597 g/mol. The fourth-order valence-electron chi connectivity index (χ4n) is 5.84. The highest BCUT2D eigenvalue weighted by atomic mass is 19.1. The van der Waals surface area contributed by atoms with E-state index in [0.29, 0.717) is 18.3 Å². The maximum atomic E-state index is 14.9. The number of amides is 1. The van der Waals surface area contributed by atoms with Crippen LogP contribution in [0.1, 0.15) is 126 Å². The maximum Gasteiger partial charge on any atom is 0.412 e. The van der Waals surface area contributed by atoms with Gasteiger partial charge in [0.25, 0.3) is 0 Å². The van der Waals surface area contributed by atoms with Gasteiger partial charge in [-0.25, -0.2) is 14.0 Å². The number of carbonyl (C=O) groups excluding carboxylic acids is 3. The highest BCUT2D eigenvalue weighted by molar-refractivity contribution is 5.83. The predicted molar refractivity (Wildman–Crippen MR) is 173 cm³/mol. The van der Waals surface area contributed by atoms with Crippen molar-refractivity contribution >= 4 is 23.8 Å². The molecule has 1 fully saturated rings. The zero-order chi connectivity index (χ0) is 34.4. The van der Waals surface area contributed by atoms with E-state index in [9.17, 15) is 23.6 Å². The van der Waals surface area contributed by atoms with E-state index in [4.69, 9.17) is 18.9 Å². The molecule has 12 heteroatoms. The van der Waals surface area contributed by atoms with Crippen LogP contribution < -0.4 is 11.0 Å². The molecule has 1 N–H and O–H groups in total. The molecule has 0 bridgehead atoms. The first kappa shape index (κ1) is 39.2. The summed E-state index contributed by atoms with van der Waals surface area (Å²) in [6.07, 6.45) is 7.35. The van der Waals surface area contributed by atoms with Crippen molar-refractivity contribution in [1.82, 2.24) is 9.55 Å². The predicted octanol–water partition coefficient (Wildman–Crippen LogP) is 7.18. The lowest BCUT2D eigenvalue weighted by Crippen LogP contribution is -2.40. The van der Waals surface area contributed by atoms with Gasteiger partial charge in [0, 0.05) is 13.8 Å². The van der Waals surface area contributed by atoms with E-state index in [1.807, 2.05) is 0 Å². The molecule has 0 aromatic carbocycles. The van der Waals surface area contributed by atoms with Crippen LogP contribution in [0.2, 0.25) is 0 Å². The summed E-state index contributed by atoms with van der Waals surface area (Å²) in [5.74, 6) is -0.351. The number of rotatable bonds is 19. The van der Waals surface area contributed by atoms with E-state index >= 15 is 0 Å². The van der Waals surface area contributed by atoms with E-state index in [0.717, 1.165) is 42.4 Å². The molecule has 1 aromatic rings. The van der Waals surface area contributed by atoms with Gasteiger partial charge in [-0.1, -0.05) is 92.4 Å². The third-order valence-corrected chi connectivity index (χ3v) is 8.54. The fourth-order valence-corrected chi connectivity index (χ4v) is 5.84. The molecule has 2 rings (SSSR count). The number of ether oxygens (including phenoxy) is 4. The minimum absolute atomic E-state index is 0.144. The Morgan fingerprint density at radius 3 is 1.89 bits per heavy atom. The number of nitrogens with one attached hydrogen (secondary N) is 1. The van der Waals surface area contributed by atoms with Gasteiger partial charge in [-0.2, -0.15) is 4.98 Å².